The minimum absolute atomic E-state index is 0.00584. The number of benzene rings is 2. The van der Waals surface area contributed by atoms with Gasteiger partial charge in [-0.05, 0) is 24.6 Å². The predicted molar refractivity (Wildman–Crippen MR) is 96.1 cm³/mol. The zero-order valence-corrected chi connectivity index (χ0v) is 14.2. The molecular formula is C20H15ClN2O2. The summed E-state index contributed by atoms with van der Waals surface area (Å²) < 4.78 is 5.69. The van der Waals surface area contributed by atoms with Crippen molar-refractivity contribution in [2.45, 2.75) is 12.8 Å². The molecule has 0 fully saturated rings. The summed E-state index contributed by atoms with van der Waals surface area (Å²) in [7, 11) is 0. The van der Waals surface area contributed by atoms with Crippen LogP contribution in [0.4, 0.5) is 0 Å². The van der Waals surface area contributed by atoms with Crippen molar-refractivity contribution >= 4 is 23.1 Å². The molecule has 1 heterocycles. The molecule has 0 bridgehead atoms. The number of Topliss-reactive ketones (excluding diaryl/α,β-unsaturated/α-hetero) is 1. The average molecular weight is 351 g/mol. The third-order valence-corrected chi connectivity index (χ3v) is 4.29. The van der Waals surface area contributed by atoms with Crippen molar-refractivity contribution in [3.63, 3.8) is 0 Å². The Morgan fingerprint density at radius 3 is 2.36 bits per heavy atom. The van der Waals surface area contributed by atoms with E-state index >= 15 is 0 Å². The quantitative estimate of drug-likeness (QED) is 0.902. The molecule has 3 rings (SSSR count). The summed E-state index contributed by atoms with van der Waals surface area (Å²) in [5.74, 6) is -0.390. The molecule has 1 aliphatic heterocycles. The number of halogens is 1. The molecule has 0 spiro atoms. The summed E-state index contributed by atoms with van der Waals surface area (Å²) >= 11 is 5.97. The van der Waals surface area contributed by atoms with Gasteiger partial charge in [-0.2, -0.15) is 5.26 Å². The van der Waals surface area contributed by atoms with Gasteiger partial charge in [0.2, 0.25) is 5.88 Å². The first kappa shape index (κ1) is 16.8. The van der Waals surface area contributed by atoms with Crippen LogP contribution in [0.15, 0.2) is 71.6 Å². The number of rotatable bonds is 3. The van der Waals surface area contributed by atoms with Gasteiger partial charge >= 0.3 is 0 Å². The van der Waals surface area contributed by atoms with Crippen LogP contribution in [-0.4, -0.2) is 5.78 Å². The minimum Gasteiger partial charge on any atom is -0.439 e. The van der Waals surface area contributed by atoms with Crippen molar-refractivity contribution in [2.75, 3.05) is 0 Å². The molecule has 124 valence electrons. The van der Waals surface area contributed by atoms with Gasteiger partial charge in [0, 0.05) is 10.6 Å². The fourth-order valence-corrected chi connectivity index (χ4v) is 3.04. The monoisotopic (exact) mass is 350 g/mol. The number of carbonyl (C=O) groups is 1. The van der Waals surface area contributed by atoms with Gasteiger partial charge < -0.3 is 10.5 Å². The van der Waals surface area contributed by atoms with Gasteiger partial charge in [0.1, 0.15) is 17.4 Å². The standard InChI is InChI=1S/C20H15ClN2O2/c1-12(24)17-18(13-7-9-15(21)10-8-13)16(11-22)20(23)25-19(17)14-5-3-2-4-6-14/h2-10,18H,23H2,1H3. The molecule has 2 aromatic carbocycles. The van der Waals surface area contributed by atoms with Crippen LogP contribution in [-0.2, 0) is 9.53 Å². The van der Waals surface area contributed by atoms with E-state index in [1.165, 1.54) is 6.92 Å². The minimum atomic E-state index is -0.594. The second kappa shape index (κ2) is 6.84. The fourth-order valence-electron chi connectivity index (χ4n) is 2.91. The van der Waals surface area contributed by atoms with E-state index in [-0.39, 0.29) is 17.2 Å². The number of nitrogens with two attached hydrogens (primary N) is 1. The van der Waals surface area contributed by atoms with E-state index < -0.39 is 5.92 Å². The van der Waals surface area contributed by atoms with Crippen LogP contribution in [0.25, 0.3) is 5.76 Å². The number of nitriles is 1. The smallest absolute Gasteiger partial charge is 0.205 e. The number of ketones is 1. The maximum absolute atomic E-state index is 12.5. The number of hydrogen-bond donors (Lipinski definition) is 1. The molecule has 5 heteroatoms. The molecular weight excluding hydrogens is 336 g/mol. The molecule has 2 N–H and O–H groups in total. The average Bonchev–Trinajstić information content (AvgIpc) is 2.62. The summed E-state index contributed by atoms with van der Waals surface area (Å²) in [6, 6.07) is 18.3. The number of allylic oxidation sites excluding steroid dienone is 2. The van der Waals surface area contributed by atoms with E-state index in [0.717, 1.165) is 11.1 Å². The van der Waals surface area contributed by atoms with E-state index in [0.29, 0.717) is 16.4 Å². The topological polar surface area (TPSA) is 76.1 Å². The first-order valence-electron chi connectivity index (χ1n) is 7.66. The van der Waals surface area contributed by atoms with Crippen LogP contribution < -0.4 is 5.73 Å². The lowest BCUT2D eigenvalue weighted by molar-refractivity contribution is -0.113. The van der Waals surface area contributed by atoms with E-state index in [4.69, 9.17) is 22.1 Å². The van der Waals surface area contributed by atoms with E-state index in [9.17, 15) is 10.1 Å². The highest BCUT2D eigenvalue weighted by Gasteiger charge is 2.35. The number of ether oxygens (including phenoxy) is 1. The summed E-state index contributed by atoms with van der Waals surface area (Å²) in [4.78, 5) is 12.5. The van der Waals surface area contributed by atoms with Gasteiger partial charge in [-0.25, -0.2) is 0 Å². The number of hydrogen-bond acceptors (Lipinski definition) is 4. The maximum Gasteiger partial charge on any atom is 0.205 e. The summed E-state index contributed by atoms with van der Waals surface area (Å²) in [5, 5.41) is 10.1. The normalized spacial score (nSPS) is 17.1. The number of nitrogens with zero attached hydrogens (tertiary/aromatic N) is 1. The SMILES string of the molecule is CC(=O)C1=C(c2ccccc2)OC(N)=C(C#N)C1c1ccc(Cl)cc1. The molecule has 1 unspecified atom stereocenters. The Hall–Kier alpha value is -3.03. The van der Waals surface area contributed by atoms with Crippen molar-refractivity contribution in [2.24, 2.45) is 5.73 Å². The first-order valence-corrected chi connectivity index (χ1v) is 8.04. The molecule has 0 aromatic heterocycles. The Morgan fingerprint density at radius 2 is 1.80 bits per heavy atom. The summed E-state index contributed by atoms with van der Waals surface area (Å²) in [6.45, 7) is 1.46. The van der Waals surface area contributed by atoms with Crippen molar-refractivity contribution in [1.29, 1.82) is 5.26 Å². The Labute approximate surface area is 150 Å². The molecule has 0 aliphatic carbocycles. The van der Waals surface area contributed by atoms with E-state index in [1.54, 1.807) is 24.3 Å². The highest BCUT2D eigenvalue weighted by Crippen LogP contribution is 2.42. The molecule has 0 saturated heterocycles. The molecule has 1 atom stereocenters. The Bertz CT molecular complexity index is 922. The lowest BCUT2D eigenvalue weighted by Crippen LogP contribution is -2.23. The molecule has 25 heavy (non-hydrogen) atoms. The van der Waals surface area contributed by atoms with Crippen LogP contribution >= 0.6 is 11.6 Å². The van der Waals surface area contributed by atoms with Gasteiger partial charge in [-0.1, -0.05) is 54.1 Å². The van der Waals surface area contributed by atoms with Crippen LogP contribution in [0.5, 0.6) is 0 Å². The predicted octanol–water partition coefficient (Wildman–Crippen LogP) is 4.15. The zero-order chi connectivity index (χ0) is 18.0. The fraction of sp³-hybridized carbons (Fsp3) is 0.100. The highest BCUT2D eigenvalue weighted by atomic mass is 35.5. The van der Waals surface area contributed by atoms with Gasteiger partial charge in [-0.15, -0.1) is 0 Å². The highest BCUT2D eigenvalue weighted by molar-refractivity contribution is 6.30. The first-order chi connectivity index (χ1) is 12.0. The summed E-state index contributed by atoms with van der Waals surface area (Å²) in [5.41, 5.74) is 8.10. The molecule has 0 saturated carbocycles. The largest absolute Gasteiger partial charge is 0.439 e. The van der Waals surface area contributed by atoms with Crippen LogP contribution in [0.3, 0.4) is 0 Å². The lowest BCUT2D eigenvalue weighted by Gasteiger charge is -2.28. The van der Waals surface area contributed by atoms with Crippen molar-refractivity contribution in [3.05, 3.63) is 87.8 Å². The van der Waals surface area contributed by atoms with E-state index in [1.807, 2.05) is 30.3 Å². The third-order valence-electron chi connectivity index (χ3n) is 4.04. The molecule has 0 radical (unpaired) electrons. The maximum atomic E-state index is 12.5. The van der Waals surface area contributed by atoms with Crippen LogP contribution in [0, 0.1) is 11.3 Å². The van der Waals surface area contributed by atoms with Crippen LogP contribution in [0.2, 0.25) is 5.02 Å². The van der Waals surface area contributed by atoms with Gasteiger partial charge in [0.05, 0.1) is 11.5 Å². The van der Waals surface area contributed by atoms with Gasteiger partial charge in [0.25, 0.3) is 0 Å². The number of carbonyl (C=O) groups excluding carboxylic acids is 1. The zero-order valence-electron chi connectivity index (χ0n) is 13.5. The van der Waals surface area contributed by atoms with E-state index in [2.05, 4.69) is 6.07 Å². The molecule has 4 nitrogen and oxygen atoms in total. The molecule has 1 aliphatic rings. The van der Waals surface area contributed by atoms with Crippen molar-refractivity contribution < 1.29 is 9.53 Å². The van der Waals surface area contributed by atoms with Crippen molar-refractivity contribution in [3.8, 4) is 6.07 Å². The Morgan fingerprint density at radius 1 is 1.16 bits per heavy atom. The molecule has 0 amide bonds. The Kier molecular flexibility index (Phi) is 4.60. The summed E-state index contributed by atoms with van der Waals surface area (Å²) in [6.07, 6.45) is 0. The van der Waals surface area contributed by atoms with Crippen molar-refractivity contribution in [1.82, 2.24) is 0 Å². The lowest BCUT2D eigenvalue weighted by atomic mass is 9.80. The second-order valence-electron chi connectivity index (χ2n) is 5.64. The second-order valence-corrected chi connectivity index (χ2v) is 6.08. The van der Waals surface area contributed by atoms with Gasteiger partial charge in [-0.3, -0.25) is 4.79 Å². The Balaban J connectivity index is 2.27. The molecule has 2 aromatic rings. The third kappa shape index (κ3) is 3.15. The van der Waals surface area contributed by atoms with Crippen LogP contribution in [0.1, 0.15) is 24.0 Å². The van der Waals surface area contributed by atoms with Gasteiger partial charge in [0.15, 0.2) is 5.78 Å².